The lowest BCUT2D eigenvalue weighted by atomic mass is 10.0. The number of aliphatic carboxylic acids is 1. The van der Waals surface area contributed by atoms with E-state index in [2.05, 4.69) is 25.9 Å². The number of aromatic nitrogens is 1. The molecule has 16 heteroatoms. The van der Waals surface area contributed by atoms with Crippen LogP contribution in [0.2, 0.25) is 0 Å². The lowest BCUT2D eigenvalue weighted by molar-refractivity contribution is -0.142. The molecule has 1 heterocycles. The fraction of sp³-hybridized carbons (Fsp3) is 0.481. The first kappa shape index (κ1) is 34.9. The van der Waals surface area contributed by atoms with Crippen molar-refractivity contribution in [3.63, 3.8) is 0 Å². The molecular formula is C27H41N9O6S. The second-order valence-corrected chi connectivity index (χ2v) is 10.9. The molecule has 0 fully saturated rings. The van der Waals surface area contributed by atoms with Gasteiger partial charge in [0, 0.05) is 36.5 Å². The Labute approximate surface area is 253 Å². The summed E-state index contributed by atoms with van der Waals surface area (Å²) in [7, 11) is 0. The van der Waals surface area contributed by atoms with Crippen LogP contribution in [0.25, 0.3) is 10.9 Å². The average molecular weight is 620 g/mol. The Morgan fingerprint density at radius 1 is 0.930 bits per heavy atom. The molecule has 4 unspecified atom stereocenters. The fourth-order valence-electron chi connectivity index (χ4n) is 4.25. The molecule has 236 valence electrons. The number of hydrogen-bond donors (Lipinski definition) is 9. The van der Waals surface area contributed by atoms with E-state index in [4.69, 9.17) is 22.9 Å². The van der Waals surface area contributed by atoms with Crippen LogP contribution in [0.4, 0.5) is 0 Å². The Bertz CT molecular complexity index is 1300. The van der Waals surface area contributed by atoms with Crippen molar-refractivity contribution in [1.82, 2.24) is 20.9 Å². The topological polar surface area (TPSA) is 274 Å². The van der Waals surface area contributed by atoms with Gasteiger partial charge >= 0.3 is 5.97 Å². The largest absolute Gasteiger partial charge is 0.480 e. The third kappa shape index (κ3) is 11.8. The number of nitrogens with two attached hydrogens (primary N) is 4. The van der Waals surface area contributed by atoms with Crippen LogP contribution in [0.3, 0.4) is 0 Å². The summed E-state index contributed by atoms with van der Waals surface area (Å²) in [6, 6.07) is 2.69. The summed E-state index contributed by atoms with van der Waals surface area (Å²) in [6.45, 7) is 0.145. The molecule has 0 aliphatic heterocycles. The fourth-order valence-corrected chi connectivity index (χ4v) is 4.74. The molecule has 0 saturated heterocycles. The SMILES string of the molecule is CSCCC(N)C(=O)NC(CCC(N)=O)C(=O)NC(CCCN=C(N)N)C(=O)NC(Cc1c[nH]c2ccccc12)C(=O)O. The van der Waals surface area contributed by atoms with Crippen molar-refractivity contribution < 1.29 is 29.1 Å². The number of H-pyrrole nitrogens is 1. The molecule has 43 heavy (non-hydrogen) atoms. The zero-order valence-electron chi connectivity index (χ0n) is 24.0. The van der Waals surface area contributed by atoms with Gasteiger partial charge in [-0.25, -0.2) is 4.79 Å². The maximum atomic E-state index is 13.4. The van der Waals surface area contributed by atoms with Crippen LogP contribution in [-0.2, 0) is 30.4 Å². The Hall–Kier alpha value is -4.31. The second kappa shape index (κ2) is 17.6. The quantitative estimate of drug-likeness (QED) is 0.0506. The molecule has 0 spiro atoms. The molecule has 4 amide bonds. The Kier molecular flexibility index (Phi) is 14.3. The number of thioether (sulfide) groups is 1. The first-order valence-corrected chi connectivity index (χ1v) is 15.1. The normalized spacial score (nSPS) is 13.7. The van der Waals surface area contributed by atoms with Crippen molar-refractivity contribution in [2.75, 3.05) is 18.6 Å². The van der Waals surface area contributed by atoms with E-state index in [9.17, 15) is 29.1 Å². The van der Waals surface area contributed by atoms with Crippen molar-refractivity contribution >= 4 is 58.2 Å². The number of carbonyl (C=O) groups is 5. The number of carboxylic acid groups (broad SMARTS) is 1. The predicted molar refractivity (Wildman–Crippen MR) is 165 cm³/mol. The van der Waals surface area contributed by atoms with E-state index in [1.54, 1.807) is 6.20 Å². The number of amides is 4. The standard InChI is InChI=1S/C27H41N9O6S/c1-43-12-10-17(28)23(38)34-20(8-9-22(29)37)25(40)35-19(7-4-11-32-27(30)31)24(39)36-21(26(41)42)13-15-14-33-18-6-3-2-5-16(15)18/h2-3,5-6,14,17,19-21,33H,4,7-13,28H2,1H3,(H2,29,37)(H,34,38)(H,35,40)(H,36,39)(H,41,42)(H4,30,31,32). The van der Waals surface area contributed by atoms with Gasteiger partial charge in [0.25, 0.3) is 0 Å². The first-order chi connectivity index (χ1) is 20.4. The van der Waals surface area contributed by atoms with Crippen molar-refractivity contribution in [1.29, 1.82) is 0 Å². The highest BCUT2D eigenvalue weighted by Crippen LogP contribution is 2.19. The molecule has 1 aromatic carbocycles. The van der Waals surface area contributed by atoms with Gasteiger partial charge in [-0.15, -0.1) is 0 Å². The van der Waals surface area contributed by atoms with Gasteiger partial charge in [0.05, 0.1) is 6.04 Å². The highest BCUT2D eigenvalue weighted by Gasteiger charge is 2.30. The number of fused-ring (bicyclic) bond motifs is 1. The lowest BCUT2D eigenvalue weighted by Crippen LogP contribution is -2.57. The maximum absolute atomic E-state index is 13.4. The highest BCUT2D eigenvalue weighted by atomic mass is 32.2. The van der Waals surface area contributed by atoms with Gasteiger partial charge in [-0.05, 0) is 49.3 Å². The number of carboxylic acids is 1. The summed E-state index contributed by atoms with van der Waals surface area (Å²) in [5, 5.41) is 18.3. The van der Waals surface area contributed by atoms with Crippen LogP contribution < -0.4 is 38.9 Å². The zero-order chi connectivity index (χ0) is 31.9. The molecule has 2 aromatic rings. The van der Waals surface area contributed by atoms with Gasteiger partial charge in [-0.1, -0.05) is 18.2 Å². The number of benzene rings is 1. The van der Waals surface area contributed by atoms with Crippen molar-refractivity contribution in [3.8, 4) is 0 Å². The van der Waals surface area contributed by atoms with Crippen LogP contribution >= 0.6 is 11.8 Å². The van der Waals surface area contributed by atoms with Crippen LogP contribution in [0, 0.1) is 0 Å². The number of primary amides is 1. The summed E-state index contributed by atoms with van der Waals surface area (Å²) in [6.07, 6.45) is 3.82. The van der Waals surface area contributed by atoms with E-state index in [0.29, 0.717) is 17.7 Å². The Morgan fingerprint density at radius 2 is 1.56 bits per heavy atom. The van der Waals surface area contributed by atoms with Gasteiger partial charge in [-0.3, -0.25) is 24.2 Å². The van der Waals surface area contributed by atoms with E-state index in [0.717, 1.165) is 10.9 Å². The van der Waals surface area contributed by atoms with Crippen LogP contribution in [0.5, 0.6) is 0 Å². The molecular weight excluding hydrogens is 578 g/mol. The minimum atomic E-state index is -1.32. The number of nitrogens with one attached hydrogen (secondary N) is 4. The molecule has 0 aliphatic rings. The highest BCUT2D eigenvalue weighted by molar-refractivity contribution is 7.98. The minimum Gasteiger partial charge on any atom is -0.480 e. The molecule has 0 bridgehead atoms. The molecule has 13 N–H and O–H groups in total. The van der Waals surface area contributed by atoms with Gasteiger partial charge in [0.15, 0.2) is 5.96 Å². The van der Waals surface area contributed by atoms with Crippen LogP contribution in [0.15, 0.2) is 35.5 Å². The van der Waals surface area contributed by atoms with Crippen LogP contribution in [0.1, 0.15) is 37.7 Å². The molecule has 4 atom stereocenters. The van der Waals surface area contributed by atoms with Gasteiger partial charge in [0.2, 0.25) is 23.6 Å². The molecule has 15 nitrogen and oxygen atoms in total. The number of carbonyl (C=O) groups excluding carboxylic acids is 4. The number of aliphatic imine (C=N–C) groups is 1. The molecule has 0 saturated carbocycles. The summed E-state index contributed by atoms with van der Waals surface area (Å²) in [4.78, 5) is 69.9. The third-order valence-electron chi connectivity index (χ3n) is 6.57. The zero-order valence-corrected chi connectivity index (χ0v) is 24.8. The van der Waals surface area contributed by atoms with Crippen molar-refractivity contribution in [3.05, 3.63) is 36.0 Å². The van der Waals surface area contributed by atoms with Crippen molar-refractivity contribution in [2.24, 2.45) is 27.9 Å². The van der Waals surface area contributed by atoms with Gasteiger partial charge in [0.1, 0.15) is 18.1 Å². The molecule has 1 aromatic heterocycles. The van der Waals surface area contributed by atoms with E-state index in [1.165, 1.54) is 11.8 Å². The van der Waals surface area contributed by atoms with E-state index >= 15 is 0 Å². The van der Waals surface area contributed by atoms with E-state index < -0.39 is 53.8 Å². The van der Waals surface area contributed by atoms with E-state index in [-0.39, 0.29) is 44.6 Å². The summed E-state index contributed by atoms with van der Waals surface area (Å²) in [5.74, 6) is -3.62. The molecule has 0 radical (unpaired) electrons. The predicted octanol–water partition coefficient (Wildman–Crippen LogP) is -1.35. The molecule has 0 aliphatic carbocycles. The van der Waals surface area contributed by atoms with Gasteiger partial charge < -0.3 is 49.0 Å². The number of guanidine groups is 1. The van der Waals surface area contributed by atoms with Crippen molar-refractivity contribution in [2.45, 2.75) is 62.7 Å². The Balaban J connectivity index is 2.22. The summed E-state index contributed by atoms with van der Waals surface area (Å²) < 4.78 is 0. The Morgan fingerprint density at radius 3 is 2.19 bits per heavy atom. The number of aromatic amines is 1. The number of para-hydroxylation sites is 1. The number of hydrogen-bond acceptors (Lipinski definition) is 8. The first-order valence-electron chi connectivity index (χ1n) is 13.7. The van der Waals surface area contributed by atoms with Crippen LogP contribution in [-0.4, -0.2) is 88.4 Å². The maximum Gasteiger partial charge on any atom is 0.326 e. The smallest absolute Gasteiger partial charge is 0.326 e. The van der Waals surface area contributed by atoms with Gasteiger partial charge in [-0.2, -0.15) is 11.8 Å². The minimum absolute atomic E-state index is 0.0228. The summed E-state index contributed by atoms with van der Waals surface area (Å²) >= 11 is 1.50. The summed E-state index contributed by atoms with van der Waals surface area (Å²) in [5.41, 5.74) is 23.4. The number of rotatable bonds is 19. The lowest BCUT2D eigenvalue weighted by Gasteiger charge is -2.25. The number of nitrogens with zero attached hydrogens (tertiary/aromatic N) is 1. The monoisotopic (exact) mass is 619 g/mol. The molecule has 2 rings (SSSR count). The third-order valence-corrected chi connectivity index (χ3v) is 7.22. The average Bonchev–Trinajstić information content (AvgIpc) is 3.37. The second-order valence-electron chi connectivity index (χ2n) is 9.93. The van der Waals surface area contributed by atoms with E-state index in [1.807, 2.05) is 30.5 Å².